The number of halogens is 6. The minimum absolute atomic E-state index is 0.110. The van der Waals surface area contributed by atoms with Crippen molar-refractivity contribution in [3.63, 3.8) is 0 Å². The summed E-state index contributed by atoms with van der Waals surface area (Å²) in [6, 6.07) is 5.96. The lowest BCUT2D eigenvalue weighted by Crippen LogP contribution is -2.44. The van der Waals surface area contributed by atoms with Crippen LogP contribution in [-0.2, 0) is 6.54 Å². The Balaban J connectivity index is 1.76. The molecule has 1 aliphatic heterocycles. The maximum Gasteiger partial charge on any atom is 0.422 e. The van der Waals surface area contributed by atoms with Gasteiger partial charge in [-0.1, -0.05) is 12.1 Å². The third kappa shape index (κ3) is 8.24. The highest BCUT2D eigenvalue weighted by molar-refractivity contribution is 5.80. The molecule has 0 spiro atoms. The van der Waals surface area contributed by atoms with Crippen molar-refractivity contribution in [3.8, 4) is 5.75 Å². The number of nitrogens with zero attached hydrogens (tertiary/aromatic N) is 2. The van der Waals surface area contributed by atoms with Gasteiger partial charge < -0.3 is 15.4 Å². The molecular formula is C17H22F6N4O. The summed E-state index contributed by atoms with van der Waals surface area (Å²) in [5, 5.41) is 6.11. The summed E-state index contributed by atoms with van der Waals surface area (Å²) in [7, 11) is 1.55. The molecule has 2 N–H and O–H groups in total. The summed E-state index contributed by atoms with van der Waals surface area (Å²) in [5.41, 5.74) is 0.785. The van der Waals surface area contributed by atoms with Crippen LogP contribution in [0.4, 0.5) is 26.3 Å². The first kappa shape index (κ1) is 22.1. The Morgan fingerprint density at radius 3 is 2.39 bits per heavy atom. The Morgan fingerprint density at radius 1 is 1.14 bits per heavy atom. The third-order valence-electron chi connectivity index (χ3n) is 4.03. The van der Waals surface area contributed by atoms with E-state index in [2.05, 4.69) is 20.4 Å². The standard InChI is InChI=1S/C17H22F6N4O/c1-24-15(26-13-6-7-27(9-13)10-16(18,19)20)25-8-12-2-4-14(5-3-12)28-11-17(21,22)23/h2-5,13H,6-11H2,1H3,(H2,24,25,26). The fourth-order valence-electron chi connectivity index (χ4n) is 2.79. The zero-order valence-electron chi connectivity index (χ0n) is 15.2. The van der Waals surface area contributed by atoms with Crippen LogP contribution >= 0.6 is 0 Å². The van der Waals surface area contributed by atoms with Crippen molar-refractivity contribution < 1.29 is 31.1 Å². The highest BCUT2D eigenvalue weighted by Gasteiger charge is 2.34. The number of rotatable bonds is 6. The smallest absolute Gasteiger partial charge is 0.422 e. The predicted molar refractivity (Wildman–Crippen MR) is 92.2 cm³/mol. The zero-order valence-corrected chi connectivity index (χ0v) is 15.2. The number of ether oxygens (including phenoxy) is 1. The van der Waals surface area contributed by atoms with Crippen LogP contribution in [0.1, 0.15) is 12.0 Å². The van der Waals surface area contributed by atoms with Gasteiger partial charge in [0.05, 0.1) is 6.54 Å². The molecule has 2 rings (SSSR count). The first-order valence-electron chi connectivity index (χ1n) is 8.59. The van der Waals surface area contributed by atoms with Crippen molar-refractivity contribution in [1.82, 2.24) is 15.5 Å². The van der Waals surface area contributed by atoms with E-state index in [4.69, 9.17) is 0 Å². The molecule has 1 aromatic carbocycles. The lowest BCUT2D eigenvalue weighted by molar-refractivity contribution is -0.153. The number of likely N-dealkylation sites (tertiary alicyclic amines) is 1. The monoisotopic (exact) mass is 412 g/mol. The van der Waals surface area contributed by atoms with Gasteiger partial charge in [0.2, 0.25) is 0 Å². The minimum Gasteiger partial charge on any atom is -0.484 e. The molecule has 28 heavy (non-hydrogen) atoms. The highest BCUT2D eigenvalue weighted by Crippen LogP contribution is 2.20. The summed E-state index contributed by atoms with van der Waals surface area (Å²) in [6.45, 7) is -1.31. The second kappa shape index (κ2) is 9.35. The fraction of sp³-hybridized carbons (Fsp3) is 0.588. The molecule has 0 bridgehead atoms. The number of alkyl halides is 6. The van der Waals surface area contributed by atoms with E-state index < -0.39 is 25.5 Å². The van der Waals surface area contributed by atoms with Gasteiger partial charge in [-0.2, -0.15) is 26.3 Å². The first-order valence-corrected chi connectivity index (χ1v) is 8.59. The molecule has 1 unspecified atom stereocenters. The molecule has 1 saturated heterocycles. The van der Waals surface area contributed by atoms with Crippen molar-refractivity contribution in [2.75, 3.05) is 33.3 Å². The van der Waals surface area contributed by atoms with Crippen LogP contribution in [0.3, 0.4) is 0 Å². The van der Waals surface area contributed by atoms with E-state index in [1.54, 1.807) is 19.2 Å². The molecule has 0 radical (unpaired) electrons. The Morgan fingerprint density at radius 2 is 1.82 bits per heavy atom. The topological polar surface area (TPSA) is 48.9 Å². The fourth-order valence-corrected chi connectivity index (χ4v) is 2.79. The van der Waals surface area contributed by atoms with Crippen molar-refractivity contribution in [3.05, 3.63) is 29.8 Å². The SMILES string of the molecule is CN=C(NCc1ccc(OCC(F)(F)F)cc1)NC1CCN(CC(F)(F)F)C1. The normalized spacial score (nSPS) is 19.0. The lowest BCUT2D eigenvalue weighted by atomic mass is 10.2. The Hall–Kier alpha value is -2.17. The van der Waals surface area contributed by atoms with Crippen LogP contribution in [-0.4, -0.2) is 62.5 Å². The number of aliphatic imine (C=N–C) groups is 1. The molecule has 158 valence electrons. The Kier molecular flexibility index (Phi) is 7.39. The third-order valence-corrected chi connectivity index (χ3v) is 4.03. The molecule has 11 heteroatoms. The van der Waals surface area contributed by atoms with E-state index in [1.165, 1.54) is 17.0 Å². The van der Waals surface area contributed by atoms with Gasteiger partial charge in [-0.25, -0.2) is 0 Å². The van der Waals surface area contributed by atoms with Crippen LogP contribution in [0.25, 0.3) is 0 Å². The second-order valence-corrected chi connectivity index (χ2v) is 6.45. The van der Waals surface area contributed by atoms with Gasteiger partial charge in [-0.3, -0.25) is 9.89 Å². The van der Waals surface area contributed by atoms with E-state index in [0.717, 1.165) is 5.56 Å². The molecule has 1 aliphatic rings. The van der Waals surface area contributed by atoms with Crippen molar-refractivity contribution >= 4 is 5.96 Å². The first-order chi connectivity index (χ1) is 13.0. The van der Waals surface area contributed by atoms with Crippen molar-refractivity contribution in [2.45, 2.75) is 31.4 Å². The second-order valence-electron chi connectivity index (χ2n) is 6.45. The molecule has 1 heterocycles. The van der Waals surface area contributed by atoms with Crippen LogP contribution in [0, 0.1) is 0 Å². The van der Waals surface area contributed by atoms with Crippen molar-refractivity contribution in [2.24, 2.45) is 4.99 Å². The number of hydrogen-bond donors (Lipinski definition) is 2. The van der Waals surface area contributed by atoms with E-state index in [1.807, 2.05) is 0 Å². The van der Waals surface area contributed by atoms with E-state index >= 15 is 0 Å². The highest BCUT2D eigenvalue weighted by atomic mass is 19.4. The predicted octanol–water partition coefficient (Wildman–Crippen LogP) is 2.93. The summed E-state index contributed by atoms with van der Waals surface area (Å²) < 4.78 is 78.4. The van der Waals surface area contributed by atoms with Crippen molar-refractivity contribution in [1.29, 1.82) is 0 Å². The van der Waals surface area contributed by atoms with E-state index in [9.17, 15) is 26.3 Å². The van der Waals surface area contributed by atoms with Crippen LogP contribution in [0.5, 0.6) is 5.75 Å². The summed E-state index contributed by atoms with van der Waals surface area (Å²) in [6.07, 6.45) is -8.04. The maximum absolute atomic E-state index is 12.4. The minimum atomic E-state index is -4.39. The number of guanidine groups is 1. The van der Waals surface area contributed by atoms with Crippen LogP contribution in [0.15, 0.2) is 29.3 Å². The molecular weight excluding hydrogens is 390 g/mol. The van der Waals surface area contributed by atoms with Gasteiger partial charge in [0.25, 0.3) is 0 Å². The Bertz CT molecular complexity index is 645. The molecule has 0 amide bonds. The van der Waals surface area contributed by atoms with Gasteiger partial charge >= 0.3 is 12.4 Å². The molecule has 0 aliphatic carbocycles. The molecule has 5 nitrogen and oxygen atoms in total. The molecule has 1 fully saturated rings. The van der Waals surface area contributed by atoms with Gasteiger partial charge in [0, 0.05) is 32.7 Å². The Labute approximate surface area is 158 Å². The lowest BCUT2D eigenvalue weighted by Gasteiger charge is -2.20. The number of nitrogens with one attached hydrogen (secondary N) is 2. The quantitative estimate of drug-likeness (QED) is 0.429. The number of benzene rings is 1. The van der Waals surface area contributed by atoms with Crippen LogP contribution in [0.2, 0.25) is 0 Å². The van der Waals surface area contributed by atoms with Gasteiger partial charge in [0.1, 0.15) is 5.75 Å². The van der Waals surface area contributed by atoms with Gasteiger partial charge in [-0.05, 0) is 24.1 Å². The summed E-state index contributed by atoms with van der Waals surface area (Å²) in [5.74, 6) is 0.551. The largest absolute Gasteiger partial charge is 0.484 e. The maximum atomic E-state index is 12.4. The zero-order chi connectivity index (χ0) is 20.8. The van der Waals surface area contributed by atoms with E-state index in [0.29, 0.717) is 25.5 Å². The van der Waals surface area contributed by atoms with Gasteiger partial charge in [0.15, 0.2) is 12.6 Å². The van der Waals surface area contributed by atoms with Crippen LogP contribution < -0.4 is 15.4 Å². The summed E-state index contributed by atoms with van der Waals surface area (Å²) >= 11 is 0. The molecule has 0 saturated carbocycles. The average Bonchev–Trinajstić information content (AvgIpc) is 3.02. The summed E-state index contributed by atoms with van der Waals surface area (Å²) in [4.78, 5) is 5.38. The molecule has 1 aromatic rings. The molecule has 1 atom stereocenters. The average molecular weight is 412 g/mol. The van der Waals surface area contributed by atoms with E-state index in [-0.39, 0.29) is 18.3 Å². The van der Waals surface area contributed by atoms with Gasteiger partial charge in [-0.15, -0.1) is 0 Å². The number of hydrogen-bond acceptors (Lipinski definition) is 3. The molecule has 0 aromatic heterocycles.